The molecule has 0 atom stereocenters. The van der Waals surface area contributed by atoms with Gasteiger partial charge in [0, 0.05) is 18.3 Å². The van der Waals surface area contributed by atoms with Gasteiger partial charge >= 0.3 is 0 Å². The number of benzene rings is 1. The molecule has 0 fully saturated rings. The van der Waals surface area contributed by atoms with Gasteiger partial charge in [0.25, 0.3) is 0 Å². The average molecular weight is 308 g/mol. The molecule has 1 aromatic carbocycles. The molecule has 0 aliphatic heterocycles. The lowest BCUT2D eigenvalue weighted by Crippen LogP contribution is -2.15. The summed E-state index contributed by atoms with van der Waals surface area (Å²) >= 11 is 5.99. The summed E-state index contributed by atoms with van der Waals surface area (Å²) in [6.07, 6.45) is 2.96. The Kier molecular flexibility index (Phi) is 6.08. The summed E-state index contributed by atoms with van der Waals surface area (Å²) in [5, 5.41) is 8.41. The van der Waals surface area contributed by atoms with Crippen LogP contribution in [0.15, 0.2) is 30.5 Å². The van der Waals surface area contributed by atoms with Crippen molar-refractivity contribution in [2.45, 2.75) is 33.4 Å². The Morgan fingerprint density at radius 1 is 1.33 bits per heavy atom. The number of halogens is 1. The second kappa shape index (κ2) is 8.05. The van der Waals surface area contributed by atoms with Crippen LogP contribution < -0.4 is 10.1 Å². The SMILES string of the molecule is CCCNCc1ccccc1OCCn1cc(Cl)c(C)n1. The van der Waals surface area contributed by atoms with Crippen molar-refractivity contribution in [2.75, 3.05) is 13.2 Å². The van der Waals surface area contributed by atoms with E-state index in [-0.39, 0.29) is 0 Å². The van der Waals surface area contributed by atoms with Gasteiger partial charge in [0.05, 0.1) is 17.3 Å². The minimum absolute atomic E-state index is 0.572. The Balaban J connectivity index is 1.87. The summed E-state index contributed by atoms with van der Waals surface area (Å²) in [6, 6.07) is 8.12. The molecule has 21 heavy (non-hydrogen) atoms. The molecule has 0 saturated heterocycles. The standard InChI is InChI=1S/C16H22ClN3O/c1-3-8-18-11-14-6-4-5-7-16(14)21-10-9-20-12-15(17)13(2)19-20/h4-7,12,18H,3,8-11H2,1-2H3. The highest BCUT2D eigenvalue weighted by Crippen LogP contribution is 2.18. The van der Waals surface area contributed by atoms with Gasteiger partial charge in [-0.3, -0.25) is 4.68 Å². The molecule has 0 unspecified atom stereocenters. The summed E-state index contributed by atoms with van der Waals surface area (Å²) in [5.74, 6) is 0.927. The molecule has 0 saturated carbocycles. The number of aromatic nitrogens is 2. The third kappa shape index (κ3) is 4.76. The van der Waals surface area contributed by atoms with E-state index in [4.69, 9.17) is 16.3 Å². The van der Waals surface area contributed by atoms with E-state index in [2.05, 4.69) is 23.4 Å². The Morgan fingerprint density at radius 3 is 2.86 bits per heavy atom. The van der Waals surface area contributed by atoms with E-state index in [1.807, 2.05) is 36.0 Å². The Hall–Kier alpha value is -1.52. The fourth-order valence-electron chi connectivity index (χ4n) is 2.05. The zero-order valence-electron chi connectivity index (χ0n) is 12.6. The van der Waals surface area contributed by atoms with E-state index < -0.39 is 0 Å². The summed E-state index contributed by atoms with van der Waals surface area (Å²) < 4.78 is 7.69. The molecule has 0 amide bonds. The topological polar surface area (TPSA) is 39.1 Å². The predicted molar refractivity (Wildman–Crippen MR) is 85.9 cm³/mol. The van der Waals surface area contributed by atoms with Crippen LogP contribution in [0.2, 0.25) is 5.02 Å². The number of aryl methyl sites for hydroxylation is 1. The molecule has 2 aromatic rings. The minimum atomic E-state index is 0.572. The highest BCUT2D eigenvalue weighted by atomic mass is 35.5. The maximum absolute atomic E-state index is 5.99. The molecular formula is C16H22ClN3O. The summed E-state index contributed by atoms with van der Waals surface area (Å²) in [5.41, 5.74) is 2.03. The van der Waals surface area contributed by atoms with E-state index in [1.54, 1.807) is 0 Å². The van der Waals surface area contributed by atoms with Gasteiger partial charge in [-0.15, -0.1) is 0 Å². The van der Waals surface area contributed by atoms with Crippen molar-refractivity contribution < 1.29 is 4.74 Å². The van der Waals surface area contributed by atoms with Crippen molar-refractivity contribution in [3.05, 3.63) is 46.7 Å². The molecule has 5 heteroatoms. The number of nitrogens with zero attached hydrogens (tertiary/aromatic N) is 2. The monoisotopic (exact) mass is 307 g/mol. The first-order chi connectivity index (χ1) is 10.2. The zero-order chi connectivity index (χ0) is 15.1. The number of nitrogens with one attached hydrogen (secondary N) is 1. The van der Waals surface area contributed by atoms with Crippen LogP contribution in [-0.2, 0) is 13.1 Å². The normalized spacial score (nSPS) is 10.8. The molecule has 1 heterocycles. The van der Waals surface area contributed by atoms with Gasteiger partial charge in [-0.2, -0.15) is 5.10 Å². The van der Waals surface area contributed by atoms with Gasteiger partial charge in [-0.05, 0) is 26.0 Å². The van der Waals surface area contributed by atoms with Crippen molar-refractivity contribution in [1.82, 2.24) is 15.1 Å². The van der Waals surface area contributed by atoms with Crippen LogP contribution in [0.1, 0.15) is 24.6 Å². The van der Waals surface area contributed by atoms with Gasteiger partial charge in [-0.1, -0.05) is 36.7 Å². The van der Waals surface area contributed by atoms with Crippen molar-refractivity contribution in [3.63, 3.8) is 0 Å². The van der Waals surface area contributed by atoms with Crippen molar-refractivity contribution in [3.8, 4) is 5.75 Å². The van der Waals surface area contributed by atoms with Gasteiger partial charge < -0.3 is 10.1 Å². The fourth-order valence-corrected chi connectivity index (χ4v) is 2.20. The summed E-state index contributed by atoms with van der Waals surface area (Å²) in [6.45, 7) is 7.16. The molecule has 0 spiro atoms. The summed E-state index contributed by atoms with van der Waals surface area (Å²) in [7, 11) is 0. The number of rotatable bonds is 8. The minimum Gasteiger partial charge on any atom is -0.491 e. The second-order valence-electron chi connectivity index (χ2n) is 4.96. The molecule has 0 aliphatic carbocycles. The summed E-state index contributed by atoms with van der Waals surface area (Å²) in [4.78, 5) is 0. The Morgan fingerprint density at radius 2 is 2.14 bits per heavy atom. The van der Waals surface area contributed by atoms with Crippen LogP contribution in [-0.4, -0.2) is 22.9 Å². The molecule has 4 nitrogen and oxygen atoms in total. The van der Waals surface area contributed by atoms with Gasteiger partial charge in [-0.25, -0.2) is 0 Å². The van der Waals surface area contributed by atoms with Crippen molar-refractivity contribution in [2.24, 2.45) is 0 Å². The molecule has 0 radical (unpaired) electrons. The van der Waals surface area contributed by atoms with Crippen molar-refractivity contribution in [1.29, 1.82) is 0 Å². The Bertz CT molecular complexity index is 549. The predicted octanol–water partition coefficient (Wildman–Crippen LogP) is 3.42. The molecule has 0 bridgehead atoms. The maximum Gasteiger partial charge on any atom is 0.123 e. The molecule has 0 aliphatic rings. The first kappa shape index (κ1) is 15.9. The largest absolute Gasteiger partial charge is 0.491 e. The number of hydrogen-bond donors (Lipinski definition) is 1. The van der Waals surface area contributed by atoms with E-state index in [1.165, 1.54) is 5.56 Å². The van der Waals surface area contributed by atoms with E-state index in [0.29, 0.717) is 18.2 Å². The quantitative estimate of drug-likeness (QED) is 0.760. The molecule has 2 rings (SSSR count). The number of para-hydroxylation sites is 1. The lowest BCUT2D eigenvalue weighted by Gasteiger charge is -2.12. The number of ether oxygens (including phenoxy) is 1. The lowest BCUT2D eigenvalue weighted by atomic mass is 10.2. The van der Waals surface area contributed by atoms with Crippen LogP contribution in [0.25, 0.3) is 0 Å². The van der Waals surface area contributed by atoms with Crippen LogP contribution in [0.4, 0.5) is 0 Å². The van der Waals surface area contributed by atoms with Gasteiger partial charge in [0.15, 0.2) is 0 Å². The highest BCUT2D eigenvalue weighted by molar-refractivity contribution is 6.31. The fraction of sp³-hybridized carbons (Fsp3) is 0.438. The lowest BCUT2D eigenvalue weighted by molar-refractivity contribution is 0.288. The first-order valence-electron chi connectivity index (χ1n) is 7.31. The van der Waals surface area contributed by atoms with E-state index in [9.17, 15) is 0 Å². The first-order valence-corrected chi connectivity index (χ1v) is 7.69. The van der Waals surface area contributed by atoms with E-state index >= 15 is 0 Å². The van der Waals surface area contributed by atoms with Crippen LogP contribution in [0.3, 0.4) is 0 Å². The number of hydrogen-bond acceptors (Lipinski definition) is 3. The third-order valence-corrected chi connectivity index (χ3v) is 3.55. The zero-order valence-corrected chi connectivity index (χ0v) is 13.4. The van der Waals surface area contributed by atoms with Crippen LogP contribution in [0.5, 0.6) is 5.75 Å². The van der Waals surface area contributed by atoms with Crippen molar-refractivity contribution >= 4 is 11.6 Å². The molecule has 114 valence electrons. The smallest absolute Gasteiger partial charge is 0.123 e. The van der Waals surface area contributed by atoms with Crippen LogP contribution in [0, 0.1) is 6.92 Å². The molecule has 1 N–H and O–H groups in total. The average Bonchev–Trinajstić information content (AvgIpc) is 2.79. The third-order valence-electron chi connectivity index (χ3n) is 3.18. The highest BCUT2D eigenvalue weighted by Gasteiger charge is 2.04. The Labute approximate surface area is 131 Å². The molecular weight excluding hydrogens is 286 g/mol. The second-order valence-corrected chi connectivity index (χ2v) is 5.37. The van der Waals surface area contributed by atoms with Gasteiger partial charge in [0.1, 0.15) is 12.4 Å². The maximum atomic E-state index is 5.99. The molecule has 1 aromatic heterocycles. The van der Waals surface area contributed by atoms with E-state index in [0.717, 1.165) is 31.0 Å². The van der Waals surface area contributed by atoms with Crippen LogP contribution >= 0.6 is 11.6 Å². The van der Waals surface area contributed by atoms with Gasteiger partial charge in [0.2, 0.25) is 0 Å².